The third-order valence-electron chi connectivity index (χ3n) is 8.24. The van der Waals surface area contributed by atoms with Gasteiger partial charge in [-0.25, -0.2) is 0 Å². The Morgan fingerprint density at radius 1 is 0.385 bits per heavy atom. The summed E-state index contributed by atoms with van der Waals surface area (Å²) in [5.74, 6) is 0. The van der Waals surface area contributed by atoms with Gasteiger partial charge in [-0.1, -0.05) is 78.9 Å². The molecule has 3 nitrogen and oxygen atoms in total. The average Bonchev–Trinajstić information content (AvgIpc) is 3.65. The number of hydrogen-bond donors (Lipinski definition) is 1. The van der Waals surface area contributed by atoms with E-state index >= 15 is 0 Å². The fourth-order valence-corrected chi connectivity index (χ4v) is 6.63. The molecule has 9 rings (SSSR count). The van der Waals surface area contributed by atoms with Gasteiger partial charge >= 0.3 is 0 Å². The highest BCUT2D eigenvalue weighted by molar-refractivity contribution is 6.16. The molecule has 3 heterocycles. The highest BCUT2D eigenvalue weighted by Gasteiger charge is 2.18. The summed E-state index contributed by atoms with van der Waals surface area (Å²) in [6.45, 7) is 0. The first-order valence-corrected chi connectivity index (χ1v) is 13.4. The molecule has 0 spiro atoms. The van der Waals surface area contributed by atoms with Gasteiger partial charge in [0.1, 0.15) is 0 Å². The van der Waals surface area contributed by atoms with Crippen LogP contribution < -0.4 is 0 Å². The second-order valence-electron chi connectivity index (χ2n) is 10.3. The third-order valence-corrected chi connectivity index (χ3v) is 8.24. The minimum atomic E-state index is 1.15. The van der Waals surface area contributed by atoms with E-state index in [1.165, 1.54) is 65.8 Å². The van der Waals surface area contributed by atoms with Crippen molar-refractivity contribution in [1.29, 1.82) is 0 Å². The van der Waals surface area contributed by atoms with Crippen LogP contribution in [-0.2, 0) is 0 Å². The minimum Gasteiger partial charge on any atom is -0.354 e. The molecule has 0 radical (unpaired) electrons. The Kier molecular flexibility index (Phi) is 4.05. The Morgan fingerprint density at radius 2 is 0.923 bits per heavy atom. The molecule has 39 heavy (non-hydrogen) atoms. The molecule has 0 atom stereocenters. The maximum Gasteiger partial charge on any atom is 0.0562 e. The van der Waals surface area contributed by atoms with E-state index in [1.807, 2.05) is 0 Å². The van der Waals surface area contributed by atoms with Crippen molar-refractivity contribution in [1.82, 2.24) is 14.1 Å². The fraction of sp³-hybridized carbons (Fsp3) is 0. The second kappa shape index (κ2) is 7.62. The first-order chi connectivity index (χ1) is 19.4. The highest BCUT2D eigenvalue weighted by Crippen LogP contribution is 2.39. The Hall–Kier alpha value is -5.28. The number of hydrogen-bond acceptors (Lipinski definition) is 0. The van der Waals surface area contributed by atoms with E-state index in [0.29, 0.717) is 0 Å². The minimum absolute atomic E-state index is 1.15. The zero-order valence-corrected chi connectivity index (χ0v) is 21.1. The van der Waals surface area contributed by atoms with Gasteiger partial charge in [0, 0.05) is 49.0 Å². The molecule has 1 N–H and O–H groups in total. The van der Waals surface area contributed by atoms with Crippen LogP contribution in [0.15, 0.2) is 133 Å². The predicted octanol–water partition coefficient (Wildman–Crippen LogP) is 9.52. The Morgan fingerprint density at radius 3 is 1.64 bits per heavy atom. The lowest BCUT2D eigenvalue weighted by atomic mass is 10.1. The lowest BCUT2D eigenvalue weighted by Crippen LogP contribution is -1.96. The average molecular weight is 498 g/mol. The number of rotatable bonds is 2. The molecule has 0 aliphatic heterocycles. The van der Waals surface area contributed by atoms with Crippen LogP contribution in [0.1, 0.15) is 0 Å². The van der Waals surface area contributed by atoms with Crippen LogP contribution >= 0.6 is 0 Å². The van der Waals surface area contributed by atoms with Gasteiger partial charge in [0.25, 0.3) is 0 Å². The summed E-state index contributed by atoms with van der Waals surface area (Å²) in [6.07, 6.45) is 0. The Bertz CT molecular complexity index is 2340. The summed E-state index contributed by atoms with van der Waals surface area (Å²) in [4.78, 5) is 3.62. The molecule has 0 bridgehead atoms. The van der Waals surface area contributed by atoms with Crippen LogP contribution in [0, 0.1) is 0 Å². The van der Waals surface area contributed by atoms with E-state index in [1.54, 1.807) is 0 Å². The number of aromatic nitrogens is 3. The molecular formula is C36H23N3. The molecule has 0 saturated carbocycles. The number of H-pyrrole nitrogens is 1. The normalized spacial score (nSPS) is 12.1. The number of nitrogens with one attached hydrogen (secondary N) is 1. The SMILES string of the molecule is c1ccc2c(c1)[nH]c1cccc(-n3c4ccccc4c4cc(-n5c6ccccc6c6ccccc65)ccc43)c12. The summed E-state index contributed by atoms with van der Waals surface area (Å²) < 4.78 is 4.83. The predicted molar refractivity (Wildman–Crippen MR) is 164 cm³/mol. The molecule has 0 amide bonds. The van der Waals surface area contributed by atoms with E-state index in [2.05, 4.69) is 148 Å². The van der Waals surface area contributed by atoms with Crippen LogP contribution in [0.25, 0.3) is 76.8 Å². The first kappa shape index (κ1) is 20.7. The third kappa shape index (κ3) is 2.76. The van der Waals surface area contributed by atoms with Gasteiger partial charge in [-0.2, -0.15) is 0 Å². The molecule has 3 heteroatoms. The van der Waals surface area contributed by atoms with E-state index in [4.69, 9.17) is 0 Å². The molecule has 0 aliphatic carbocycles. The molecule has 6 aromatic carbocycles. The molecule has 0 aliphatic rings. The van der Waals surface area contributed by atoms with Crippen LogP contribution in [-0.4, -0.2) is 14.1 Å². The van der Waals surface area contributed by atoms with Gasteiger partial charge in [0.2, 0.25) is 0 Å². The van der Waals surface area contributed by atoms with Gasteiger partial charge in [0.15, 0.2) is 0 Å². The molecule has 182 valence electrons. The quantitative estimate of drug-likeness (QED) is 0.246. The smallest absolute Gasteiger partial charge is 0.0562 e. The summed E-state index contributed by atoms with van der Waals surface area (Å²) >= 11 is 0. The first-order valence-electron chi connectivity index (χ1n) is 13.4. The zero-order chi connectivity index (χ0) is 25.5. The van der Waals surface area contributed by atoms with Gasteiger partial charge in [-0.15, -0.1) is 0 Å². The molecule has 0 unspecified atom stereocenters. The van der Waals surface area contributed by atoms with Crippen molar-refractivity contribution in [2.75, 3.05) is 0 Å². The largest absolute Gasteiger partial charge is 0.354 e. The molecular weight excluding hydrogens is 474 g/mol. The second-order valence-corrected chi connectivity index (χ2v) is 10.3. The van der Waals surface area contributed by atoms with Crippen molar-refractivity contribution in [3.05, 3.63) is 133 Å². The van der Waals surface area contributed by atoms with Crippen molar-refractivity contribution in [2.45, 2.75) is 0 Å². The van der Waals surface area contributed by atoms with Gasteiger partial charge in [0.05, 0.1) is 27.8 Å². The van der Waals surface area contributed by atoms with Gasteiger partial charge < -0.3 is 14.1 Å². The zero-order valence-electron chi connectivity index (χ0n) is 21.1. The molecule has 3 aromatic heterocycles. The maximum atomic E-state index is 3.62. The van der Waals surface area contributed by atoms with E-state index in [-0.39, 0.29) is 0 Å². The summed E-state index contributed by atoms with van der Waals surface area (Å²) in [5, 5.41) is 7.57. The van der Waals surface area contributed by atoms with Gasteiger partial charge in [-0.3, -0.25) is 0 Å². The Balaban J connectivity index is 1.39. The van der Waals surface area contributed by atoms with Crippen molar-refractivity contribution >= 4 is 65.4 Å². The van der Waals surface area contributed by atoms with E-state index < -0.39 is 0 Å². The number of aromatic amines is 1. The van der Waals surface area contributed by atoms with Crippen molar-refractivity contribution < 1.29 is 0 Å². The summed E-state index contributed by atoms with van der Waals surface area (Å²) in [5.41, 5.74) is 9.56. The summed E-state index contributed by atoms with van der Waals surface area (Å²) in [6, 6.07) is 48.3. The van der Waals surface area contributed by atoms with Crippen LogP contribution in [0.3, 0.4) is 0 Å². The standard InChI is InChI=1S/C36H23N3/c1-5-14-29-27(13-1)36-30(37-29)15-9-19-35(36)39-33-18-8-4-12-26(33)28-22-23(20-21-34(28)39)38-31-16-6-2-10-24(31)25-11-3-7-17-32(25)38/h1-22,37H. The Labute approximate surface area is 224 Å². The lowest BCUT2D eigenvalue weighted by molar-refractivity contribution is 1.17. The highest BCUT2D eigenvalue weighted by atomic mass is 15.0. The van der Waals surface area contributed by atoms with Crippen LogP contribution in [0.5, 0.6) is 0 Å². The topological polar surface area (TPSA) is 25.6 Å². The van der Waals surface area contributed by atoms with Gasteiger partial charge in [-0.05, 0) is 54.6 Å². The number of benzene rings is 6. The van der Waals surface area contributed by atoms with Crippen molar-refractivity contribution in [3.8, 4) is 11.4 Å². The van der Waals surface area contributed by atoms with Crippen LogP contribution in [0.2, 0.25) is 0 Å². The van der Waals surface area contributed by atoms with E-state index in [0.717, 1.165) is 11.0 Å². The fourth-order valence-electron chi connectivity index (χ4n) is 6.63. The molecule has 9 aromatic rings. The van der Waals surface area contributed by atoms with Crippen LogP contribution in [0.4, 0.5) is 0 Å². The number of fused-ring (bicyclic) bond motifs is 9. The van der Waals surface area contributed by atoms with E-state index in [9.17, 15) is 0 Å². The maximum absolute atomic E-state index is 3.62. The van der Waals surface area contributed by atoms with Crippen molar-refractivity contribution in [3.63, 3.8) is 0 Å². The number of nitrogens with zero attached hydrogens (tertiary/aromatic N) is 2. The van der Waals surface area contributed by atoms with Crippen molar-refractivity contribution in [2.24, 2.45) is 0 Å². The monoisotopic (exact) mass is 497 g/mol. The summed E-state index contributed by atoms with van der Waals surface area (Å²) in [7, 11) is 0. The molecule has 0 fully saturated rings. The number of para-hydroxylation sites is 4. The molecule has 0 saturated heterocycles. The lowest BCUT2D eigenvalue weighted by Gasteiger charge is -2.11.